The summed E-state index contributed by atoms with van der Waals surface area (Å²) < 4.78 is 0. The molecule has 0 radical (unpaired) electrons. The summed E-state index contributed by atoms with van der Waals surface area (Å²) in [4.78, 5) is 31.9. The fraction of sp³-hybridized carbons (Fsp3) is 0.500. The van der Waals surface area contributed by atoms with Gasteiger partial charge in [-0.25, -0.2) is 0 Å². The van der Waals surface area contributed by atoms with E-state index in [2.05, 4.69) is 10.6 Å². The number of carboxylic acids is 1. The van der Waals surface area contributed by atoms with Gasteiger partial charge >= 0.3 is 0 Å². The number of aromatic hydroxyl groups is 2. The number of hydrogen-bond donors (Lipinski definition) is 6. The second-order valence-corrected chi connectivity index (χ2v) is 5.82. The molecule has 0 atom stereocenters. The zero-order chi connectivity index (χ0) is 20.7. The Hall–Kier alpha value is -2.81. The molecule has 0 aliphatic carbocycles. The van der Waals surface area contributed by atoms with E-state index >= 15 is 0 Å². The van der Waals surface area contributed by atoms with Crippen LogP contribution in [0.15, 0.2) is 18.2 Å². The summed E-state index contributed by atoms with van der Waals surface area (Å²) in [5.74, 6) is -1.43. The average molecular weight is 383 g/mol. The van der Waals surface area contributed by atoms with Crippen molar-refractivity contribution in [3.8, 4) is 11.5 Å². The summed E-state index contributed by atoms with van der Waals surface area (Å²) in [6.45, 7) is 2.63. The van der Waals surface area contributed by atoms with Crippen molar-refractivity contribution in [3.63, 3.8) is 0 Å². The summed E-state index contributed by atoms with van der Waals surface area (Å²) in [7, 11) is 0. The van der Waals surface area contributed by atoms with E-state index in [-0.39, 0.29) is 29.7 Å². The number of carbonyl (C=O) groups excluding carboxylic acids is 2. The van der Waals surface area contributed by atoms with Crippen LogP contribution < -0.4 is 16.4 Å². The fourth-order valence-electron chi connectivity index (χ4n) is 2.03. The molecule has 0 bridgehead atoms. The number of carboxylic acid groups (broad SMARTS) is 1. The number of aliphatic carboxylic acids is 1. The first kappa shape index (κ1) is 24.2. The third-order valence-corrected chi connectivity index (χ3v) is 3.27. The molecule has 0 heterocycles. The molecule has 1 aromatic carbocycles. The molecule has 152 valence electrons. The molecular weight excluding hydrogens is 354 g/mol. The zero-order valence-corrected chi connectivity index (χ0v) is 15.5. The largest absolute Gasteiger partial charge is 0.504 e. The van der Waals surface area contributed by atoms with Crippen molar-refractivity contribution in [1.82, 2.24) is 10.6 Å². The summed E-state index contributed by atoms with van der Waals surface area (Å²) in [6, 6.07) is 4.33. The molecule has 0 spiro atoms. The summed E-state index contributed by atoms with van der Waals surface area (Å²) in [6.07, 6.45) is 3.10. The van der Waals surface area contributed by atoms with Gasteiger partial charge in [0.1, 0.15) is 0 Å². The van der Waals surface area contributed by atoms with E-state index in [0.717, 1.165) is 26.2 Å². The van der Waals surface area contributed by atoms with Crippen LogP contribution in [0.4, 0.5) is 0 Å². The predicted octanol–water partition coefficient (Wildman–Crippen LogP) is 0.483. The van der Waals surface area contributed by atoms with Crippen LogP contribution in [0.25, 0.3) is 0 Å². The van der Waals surface area contributed by atoms with E-state index in [0.29, 0.717) is 31.6 Å². The van der Waals surface area contributed by atoms with E-state index in [9.17, 15) is 19.8 Å². The van der Waals surface area contributed by atoms with Gasteiger partial charge in [0.2, 0.25) is 11.8 Å². The molecule has 1 rings (SSSR count). The van der Waals surface area contributed by atoms with Crippen molar-refractivity contribution >= 4 is 17.8 Å². The van der Waals surface area contributed by atoms with Crippen LogP contribution in [0, 0.1) is 0 Å². The zero-order valence-electron chi connectivity index (χ0n) is 15.5. The van der Waals surface area contributed by atoms with E-state index in [1.54, 1.807) is 6.07 Å². The van der Waals surface area contributed by atoms with Crippen LogP contribution in [-0.4, -0.2) is 52.7 Å². The van der Waals surface area contributed by atoms with Crippen molar-refractivity contribution in [2.24, 2.45) is 5.73 Å². The highest BCUT2D eigenvalue weighted by Gasteiger charge is 2.06. The molecule has 0 saturated carbocycles. The van der Waals surface area contributed by atoms with Crippen LogP contribution in [0.5, 0.6) is 11.5 Å². The number of hydrogen-bond acceptors (Lipinski definition) is 6. The summed E-state index contributed by atoms with van der Waals surface area (Å²) in [5, 5.41) is 31.6. The van der Waals surface area contributed by atoms with Crippen molar-refractivity contribution in [3.05, 3.63) is 23.8 Å². The molecule has 2 amide bonds. The van der Waals surface area contributed by atoms with Gasteiger partial charge in [0, 0.05) is 33.0 Å². The number of rotatable bonds is 10. The number of carbonyl (C=O) groups is 3. The third kappa shape index (κ3) is 14.1. The van der Waals surface area contributed by atoms with Crippen LogP contribution in [0.3, 0.4) is 0 Å². The van der Waals surface area contributed by atoms with Gasteiger partial charge < -0.3 is 31.7 Å². The Balaban J connectivity index is 0.00000153. The van der Waals surface area contributed by atoms with Crippen LogP contribution in [0.1, 0.15) is 38.2 Å². The van der Waals surface area contributed by atoms with E-state index in [4.69, 9.17) is 15.6 Å². The Labute approximate surface area is 158 Å². The Morgan fingerprint density at radius 2 is 1.52 bits per heavy atom. The highest BCUT2D eigenvalue weighted by Crippen LogP contribution is 2.24. The lowest BCUT2D eigenvalue weighted by Gasteiger charge is -2.07. The van der Waals surface area contributed by atoms with Gasteiger partial charge in [0.15, 0.2) is 11.5 Å². The molecule has 7 N–H and O–H groups in total. The molecule has 9 heteroatoms. The van der Waals surface area contributed by atoms with E-state index < -0.39 is 5.97 Å². The second kappa shape index (κ2) is 14.4. The monoisotopic (exact) mass is 383 g/mol. The highest BCUT2D eigenvalue weighted by atomic mass is 16.4. The average Bonchev–Trinajstić information content (AvgIpc) is 2.57. The first-order valence-corrected chi connectivity index (χ1v) is 8.70. The first-order valence-electron chi connectivity index (χ1n) is 8.70. The van der Waals surface area contributed by atoms with Gasteiger partial charge in [-0.1, -0.05) is 6.07 Å². The molecule has 27 heavy (non-hydrogen) atoms. The van der Waals surface area contributed by atoms with Crippen molar-refractivity contribution < 1.29 is 29.7 Å². The molecule has 0 fully saturated rings. The smallest absolute Gasteiger partial charge is 0.300 e. The standard InChI is InChI=1S/C16H25N3O4.C2H4O2/c17-7-6-15(22)18-8-2-1-3-9-19-16(23)11-12-4-5-13(20)14(21)10-12;1-2(3)4/h4-5,10,20-21H,1-3,6-9,11,17H2,(H,18,22)(H,19,23);1H3,(H,3,4). The lowest BCUT2D eigenvalue weighted by Crippen LogP contribution is -2.27. The minimum absolute atomic E-state index is 0.0297. The number of nitrogens with one attached hydrogen (secondary N) is 2. The molecule has 0 aliphatic rings. The van der Waals surface area contributed by atoms with Crippen molar-refractivity contribution in [2.45, 2.75) is 39.0 Å². The molecule has 0 aromatic heterocycles. The number of phenols is 2. The van der Waals surface area contributed by atoms with Crippen LogP contribution in [0.2, 0.25) is 0 Å². The molecule has 0 saturated heterocycles. The quantitative estimate of drug-likeness (QED) is 0.253. The van der Waals surface area contributed by atoms with Crippen molar-refractivity contribution in [2.75, 3.05) is 19.6 Å². The maximum Gasteiger partial charge on any atom is 0.300 e. The van der Waals surface area contributed by atoms with Gasteiger partial charge in [-0.2, -0.15) is 0 Å². The first-order chi connectivity index (χ1) is 12.8. The number of nitrogens with two attached hydrogens (primary N) is 1. The minimum Gasteiger partial charge on any atom is -0.504 e. The maximum atomic E-state index is 11.7. The number of amides is 2. The maximum absolute atomic E-state index is 11.7. The molecule has 9 nitrogen and oxygen atoms in total. The number of unbranched alkanes of at least 4 members (excludes halogenated alkanes) is 2. The Morgan fingerprint density at radius 3 is 2.04 bits per heavy atom. The number of phenolic OH excluding ortho intramolecular Hbond substituents is 2. The van der Waals surface area contributed by atoms with Gasteiger partial charge in [0.25, 0.3) is 5.97 Å². The SMILES string of the molecule is CC(=O)O.NCCC(=O)NCCCCCNC(=O)Cc1ccc(O)c(O)c1. The third-order valence-electron chi connectivity index (χ3n) is 3.27. The Bertz CT molecular complexity index is 603. The fourth-order valence-corrected chi connectivity index (χ4v) is 2.03. The van der Waals surface area contributed by atoms with Gasteiger partial charge in [0.05, 0.1) is 6.42 Å². The summed E-state index contributed by atoms with van der Waals surface area (Å²) >= 11 is 0. The molecule has 0 aliphatic heterocycles. The van der Waals surface area contributed by atoms with Gasteiger partial charge in [-0.05, 0) is 37.0 Å². The van der Waals surface area contributed by atoms with Gasteiger partial charge in [-0.15, -0.1) is 0 Å². The molecule has 0 unspecified atom stereocenters. The second-order valence-electron chi connectivity index (χ2n) is 5.82. The van der Waals surface area contributed by atoms with Crippen molar-refractivity contribution in [1.29, 1.82) is 0 Å². The van der Waals surface area contributed by atoms with E-state index in [1.165, 1.54) is 12.1 Å². The normalized spacial score (nSPS) is 9.70. The minimum atomic E-state index is -0.833. The summed E-state index contributed by atoms with van der Waals surface area (Å²) in [5.41, 5.74) is 5.91. The van der Waals surface area contributed by atoms with Crippen LogP contribution >= 0.6 is 0 Å². The topological polar surface area (TPSA) is 162 Å². The lowest BCUT2D eigenvalue weighted by atomic mass is 10.1. The Kier molecular flexibility index (Phi) is 12.9. The Morgan fingerprint density at radius 1 is 0.963 bits per heavy atom. The predicted molar refractivity (Wildman–Crippen MR) is 100 cm³/mol. The number of benzene rings is 1. The highest BCUT2D eigenvalue weighted by molar-refractivity contribution is 5.78. The molecular formula is C18H29N3O6. The van der Waals surface area contributed by atoms with Crippen LogP contribution in [-0.2, 0) is 20.8 Å². The lowest BCUT2D eigenvalue weighted by molar-refractivity contribution is -0.134. The van der Waals surface area contributed by atoms with E-state index in [1.807, 2.05) is 0 Å². The molecule has 1 aromatic rings. The van der Waals surface area contributed by atoms with Gasteiger partial charge in [-0.3, -0.25) is 14.4 Å².